The SMILES string of the molecule is CNC(=O)CN(C)c1cc(Cl)nc2ncnn12. The fourth-order valence-corrected chi connectivity index (χ4v) is 1.59. The molecule has 0 saturated carbocycles. The van der Waals surface area contributed by atoms with E-state index in [1.54, 1.807) is 25.1 Å². The maximum absolute atomic E-state index is 11.3. The molecule has 8 heteroatoms. The minimum Gasteiger partial charge on any atom is -0.358 e. The van der Waals surface area contributed by atoms with E-state index in [0.29, 0.717) is 16.7 Å². The average Bonchev–Trinajstić information content (AvgIpc) is 2.75. The van der Waals surface area contributed by atoms with E-state index in [4.69, 9.17) is 11.6 Å². The molecule has 0 atom stereocenters. The number of amides is 1. The van der Waals surface area contributed by atoms with Crippen molar-refractivity contribution >= 4 is 29.1 Å². The molecule has 2 heterocycles. The molecule has 0 aliphatic rings. The molecule has 17 heavy (non-hydrogen) atoms. The highest BCUT2D eigenvalue weighted by atomic mass is 35.5. The third kappa shape index (κ3) is 2.28. The summed E-state index contributed by atoms with van der Waals surface area (Å²) in [6.45, 7) is 0.200. The molecule has 2 rings (SSSR count). The molecule has 0 unspecified atom stereocenters. The van der Waals surface area contributed by atoms with Gasteiger partial charge in [-0.15, -0.1) is 0 Å². The van der Waals surface area contributed by atoms with Crippen molar-refractivity contribution in [3.8, 4) is 0 Å². The van der Waals surface area contributed by atoms with Gasteiger partial charge in [-0.05, 0) is 0 Å². The fraction of sp³-hybridized carbons (Fsp3) is 0.333. The Hall–Kier alpha value is -1.89. The molecule has 0 radical (unpaired) electrons. The van der Waals surface area contributed by atoms with Crippen LogP contribution in [0, 0.1) is 0 Å². The zero-order chi connectivity index (χ0) is 12.4. The van der Waals surface area contributed by atoms with Crippen LogP contribution in [0.5, 0.6) is 0 Å². The number of carbonyl (C=O) groups is 1. The van der Waals surface area contributed by atoms with E-state index in [1.165, 1.54) is 10.8 Å². The normalized spacial score (nSPS) is 10.5. The van der Waals surface area contributed by atoms with Gasteiger partial charge in [0.1, 0.15) is 17.3 Å². The maximum Gasteiger partial charge on any atom is 0.255 e. The first-order valence-electron chi connectivity index (χ1n) is 4.90. The second-order valence-electron chi connectivity index (χ2n) is 3.44. The van der Waals surface area contributed by atoms with Crippen molar-refractivity contribution < 1.29 is 4.79 Å². The van der Waals surface area contributed by atoms with Crippen molar-refractivity contribution in [2.45, 2.75) is 0 Å². The number of hydrogen-bond acceptors (Lipinski definition) is 5. The number of aromatic nitrogens is 4. The van der Waals surface area contributed by atoms with Crippen molar-refractivity contribution in [2.75, 3.05) is 25.5 Å². The Balaban J connectivity index is 2.39. The van der Waals surface area contributed by atoms with Gasteiger partial charge in [-0.2, -0.15) is 19.6 Å². The van der Waals surface area contributed by atoms with E-state index < -0.39 is 0 Å². The fourth-order valence-electron chi connectivity index (χ4n) is 1.42. The lowest BCUT2D eigenvalue weighted by Crippen LogP contribution is -2.34. The topological polar surface area (TPSA) is 75.4 Å². The Kier molecular flexibility index (Phi) is 3.10. The summed E-state index contributed by atoms with van der Waals surface area (Å²) in [5.74, 6) is 0.950. The molecule has 0 saturated heterocycles. The highest BCUT2D eigenvalue weighted by molar-refractivity contribution is 6.29. The third-order valence-electron chi connectivity index (χ3n) is 2.25. The molecule has 0 aliphatic carbocycles. The average molecular weight is 255 g/mol. The summed E-state index contributed by atoms with van der Waals surface area (Å²) in [7, 11) is 3.35. The predicted octanol–water partition coefficient (Wildman–Crippen LogP) is -0.0401. The van der Waals surface area contributed by atoms with Crippen LogP contribution >= 0.6 is 11.6 Å². The number of anilines is 1. The first-order chi connectivity index (χ1) is 8.11. The van der Waals surface area contributed by atoms with Crippen LogP contribution in [0.4, 0.5) is 5.82 Å². The lowest BCUT2D eigenvalue weighted by atomic mass is 10.4. The molecule has 2 aromatic rings. The standard InChI is InChI=1S/C9H11ClN6O/c1-11-7(17)4-15(2)8-3-6(10)14-9-12-5-13-16(8)9/h3,5H,4H2,1-2H3,(H,11,17). The van der Waals surface area contributed by atoms with Gasteiger partial charge in [0.05, 0.1) is 6.54 Å². The van der Waals surface area contributed by atoms with E-state index in [0.717, 1.165) is 0 Å². The van der Waals surface area contributed by atoms with Gasteiger partial charge in [-0.25, -0.2) is 0 Å². The molecule has 1 N–H and O–H groups in total. The Morgan fingerprint density at radius 1 is 1.65 bits per heavy atom. The number of hydrogen-bond donors (Lipinski definition) is 1. The Labute approximate surface area is 102 Å². The lowest BCUT2D eigenvalue weighted by Gasteiger charge is -2.18. The van der Waals surface area contributed by atoms with Crippen LogP contribution < -0.4 is 10.2 Å². The molecule has 0 spiro atoms. The number of nitrogens with zero attached hydrogens (tertiary/aromatic N) is 5. The van der Waals surface area contributed by atoms with Crippen LogP contribution in [-0.2, 0) is 4.79 Å². The van der Waals surface area contributed by atoms with E-state index in [2.05, 4.69) is 20.4 Å². The molecule has 0 aromatic carbocycles. The van der Waals surface area contributed by atoms with E-state index >= 15 is 0 Å². The second-order valence-corrected chi connectivity index (χ2v) is 3.83. The smallest absolute Gasteiger partial charge is 0.255 e. The summed E-state index contributed by atoms with van der Waals surface area (Å²) in [6, 6.07) is 1.63. The predicted molar refractivity (Wildman–Crippen MR) is 63.1 cm³/mol. The van der Waals surface area contributed by atoms with Gasteiger partial charge < -0.3 is 10.2 Å². The quantitative estimate of drug-likeness (QED) is 0.778. The molecular weight excluding hydrogens is 244 g/mol. The van der Waals surface area contributed by atoms with Crippen molar-refractivity contribution in [3.63, 3.8) is 0 Å². The zero-order valence-corrected chi connectivity index (χ0v) is 10.1. The van der Waals surface area contributed by atoms with Crippen molar-refractivity contribution in [1.82, 2.24) is 24.9 Å². The molecule has 0 fully saturated rings. The monoisotopic (exact) mass is 254 g/mol. The number of rotatable bonds is 3. The maximum atomic E-state index is 11.3. The molecule has 0 bridgehead atoms. The second kappa shape index (κ2) is 4.54. The van der Waals surface area contributed by atoms with Crippen molar-refractivity contribution in [3.05, 3.63) is 17.5 Å². The summed E-state index contributed by atoms with van der Waals surface area (Å²) in [4.78, 5) is 21.0. The van der Waals surface area contributed by atoms with Gasteiger partial charge in [0, 0.05) is 20.2 Å². The highest BCUT2D eigenvalue weighted by Gasteiger charge is 2.12. The summed E-state index contributed by atoms with van der Waals surface area (Å²) >= 11 is 5.88. The van der Waals surface area contributed by atoms with E-state index in [1.807, 2.05) is 0 Å². The summed E-state index contributed by atoms with van der Waals surface area (Å²) in [6.07, 6.45) is 1.38. The van der Waals surface area contributed by atoms with Crippen molar-refractivity contribution in [1.29, 1.82) is 0 Å². The highest BCUT2D eigenvalue weighted by Crippen LogP contribution is 2.17. The Bertz CT molecular complexity index is 553. The minimum absolute atomic E-state index is 0.103. The first kappa shape index (κ1) is 11.6. The third-order valence-corrected chi connectivity index (χ3v) is 2.45. The summed E-state index contributed by atoms with van der Waals surface area (Å²) in [5, 5.41) is 6.88. The number of likely N-dealkylation sites (N-methyl/N-ethyl adjacent to an activating group) is 2. The Morgan fingerprint density at radius 2 is 2.41 bits per heavy atom. The molecular formula is C9H11ClN6O. The first-order valence-corrected chi connectivity index (χ1v) is 5.27. The van der Waals surface area contributed by atoms with E-state index in [-0.39, 0.29) is 12.5 Å². The lowest BCUT2D eigenvalue weighted by molar-refractivity contribution is -0.119. The Morgan fingerprint density at radius 3 is 3.12 bits per heavy atom. The van der Waals surface area contributed by atoms with Crippen molar-refractivity contribution in [2.24, 2.45) is 0 Å². The van der Waals surface area contributed by atoms with Gasteiger partial charge in [0.2, 0.25) is 5.91 Å². The molecule has 1 amide bonds. The zero-order valence-electron chi connectivity index (χ0n) is 9.38. The van der Waals surface area contributed by atoms with Crippen LogP contribution in [0.25, 0.3) is 5.78 Å². The van der Waals surface area contributed by atoms with E-state index in [9.17, 15) is 4.79 Å². The molecule has 90 valence electrons. The minimum atomic E-state index is -0.103. The van der Waals surface area contributed by atoms with Gasteiger partial charge in [-0.1, -0.05) is 11.6 Å². The number of nitrogens with one attached hydrogen (secondary N) is 1. The summed E-state index contributed by atoms with van der Waals surface area (Å²) in [5.41, 5.74) is 0. The molecule has 7 nitrogen and oxygen atoms in total. The van der Waals surface area contributed by atoms with Crippen LogP contribution in [-0.4, -0.2) is 46.1 Å². The van der Waals surface area contributed by atoms with Crippen LogP contribution in [0.1, 0.15) is 0 Å². The van der Waals surface area contributed by atoms with Gasteiger partial charge in [-0.3, -0.25) is 4.79 Å². The van der Waals surface area contributed by atoms with Crippen LogP contribution in [0.2, 0.25) is 5.15 Å². The van der Waals surface area contributed by atoms with Gasteiger partial charge in [0.15, 0.2) is 0 Å². The number of fused-ring (bicyclic) bond motifs is 1. The number of carbonyl (C=O) groups excluding carboxylic acids is 1. The molecule has 2 aromatic heterocycles. The van der Waals surface area contributed by atoms with Gasteiger partial charge >= 0.3 is 0 Å². The van der Waals surface area contributed by atoms with Gasteiger partial charge in [0.25, 0.3) is 5.78 Å². The van der Waals surface area contributed by atoms with Crippen LogP contribution in [0.3, 0.4) is 0 Å². The van der Waals surface area contributed by atoms with Crippen LogP contribution in [0.15, 0.2) is 12.4 Å². The number of halogens is 1. The summed E-state index contributed by atoms with van der Waals surface area (Å²) < 4.78 is 1.52. The largest absolute Gasteiger partial charge is 0.358 e. The molecule has 0 aliphatic heterocycles.